The van der Waals surface area contributed by atoms with Gasteiger partial charge in [-0.1, -0.05) is 0 Å². The van der Waals surface area contributed by atoms with E-state index in [1.807, 2.05) is 0 Å². The van der Waals surface area contributed by atoms with Crippen molar-refractivity contribution < 1.29 is 9.59 Å². The van der Waals surface area contributed by atoms with E-state index in [1.54, 1.807) is 0 Å². The molecular formula is C8H11NO2. The minimum atomic E-state index is -0.0336. The number of ketones is 2. The summed E-state index contributed by atoms with van der Waals surface area (Å²) in [5, 5.41) is 2.65. The monoisotopic (exact) mass is 153 g/mol. The summed E-state index contributed by atoms with van der Waals surface area (Å²) in [6.07, 6.45) is 5.71. The van der Waals surface area contributed by atoms with Gasteiger partial charge in [-0.3, -0.25) is 9.59 Å². The van der Waals surface area contributed by atoms with Crippen LogP contribution in [0.4, 0.5) is 0 Å². The van der Waals surface area contributed by atoms with E-state index in [1.165, 1.54) is 38.4 Å². The summed E-state index contributed by atoms with van der Waals surface area (Å²) in [5.74, 6) is -0.0672. The molecule has 0 spiro atoms. The first kappa shape index (κ1) is 9.62. The minimum absolute atomic E-state index is 0.0336. The molecule has 0 bridgehead atoms. The van der Waals surface area contributed by atoms with Crippen molar-refractivity contribution in [3.8, 4) is 0 Å². The summed E-state index contributed by atoms with van der Waals surface area (Å²) in [6.45, 7) is 2.90. The fourth-order valence-corrected chi connectivity index (χ4v) is 0.386. The first-order valence-electron chi connectivity index (χ1n) is 3.23. The van der Waals surface area contributed by atoms with Crippen LogP contribution < -0.4 is 5.32 Å². The quantitative estimate of drug-likeness (QED) is 0.607. The highest BCUT2D eigenvalue weighted by atomic mass is 16.1. The second kappa shape index (κ2) is 5.41. The van der Waals surface area contributed by atoms with Crippen molar-refractivity contribution in [3.63, 3.8) is 0 Å². The van der Waals surface area contributed by atoms with Crippen molar-refractivity contribution in [1.82, 2.24) is 5.32 Å². The Balaban J connectivity index is 3.57. The van der Waals surface area contributed by atoms with Crippen molar-refractivity contribution in [3.05, 3.63) is 24.6 Å². The topological polar surface area (TPSA) is 46.2 Å². The number of nitrogens with one attached hydrogen (secondary N) is 1. The maximum atomic E-state index is 10.3. The summed E-state index contributed by atoms with van der Waals surface area (Å²) in [5.41, 5.74) is 0. The Morgan fingerprint density at radius 1 is 1.00 bits per heavy atom. The number of carbonyl (C=O) groups excluding carboxylic acids is 2. The van der Waals surface area contributed by atoms with Crippen LogP contribution in [-0.4, -0.2) is 11.6 Å². The van der Waals surface area contributed by atoms with Gasteiger partial charge in [-0.05, 0) is 26.0 Å². The van der Waals surface area contributed by atoms with E-state index in [0.29, 0.717) is 0 Å². The third-order valence-electron chi connectivity index (χ3n) is 0.829. The molecule has 0 aromatic rings. The van der Waals surface area contributed by atoms with Crippen LogP contribution >= 0.6 is 0 Å². The highest BCUT2D eigenvalue weighted by Gasteiger charge is 1.79. The Labute approximate surface area is 65.8 Å². The molecule has 11 heavy (non-hydrogen) atoms. The fourth-order valence-electron chi connectivity index (χ4n) is 0.386. The Morgan fingerprint density at radius 3 is 1.64 bits per heavy atom. The Hall–Kier alpha value is -1.38. The van der Waals surface area contributed by atoms with E-state index in [0.717, 1.165) is 0 Å². The molecule has 0 saturated carbocycles. The smallest absolute Gasteiger partial charge is 0.154 e. The van der Waals surface area contributed by atoms with Crippen molar-refractivity contribution in [2.45, 2.75) is 13.8 Å². The summed E-state index contributed by atoms with van der Waals surface area (Å²) >= 11 is 0. The van der Waals surface area contributed by atoms with Crippen molar-refractivity contribution >= 4 is 11.6 Å². The Bertz CT molecular complexity index is 182. The lowest BCUT2D eigenvalue weighted by atomic mass is 10.4. The second-order valence-electron chi connectivity index (χ2n) is 2.05. The normalized spacial score (nSPS) is 10.7. The molecule has 0 aliphatic rings. The van der Waals surface area contributed by atoms with Crippen molar-refractivity contribution in [2.24, 2.45) is 0 Å². The molecule has 1 N–H and O–H groups in total. The van der Waals surface area contributed by atoms with Crippen LogP contribution in [0.1, 0.15) is 13.8 Å². The number of rotatable bonds is 4. The molecule has 0 fully saturated rings. The maximum Gasteiger partial charge on any atom is 0.154 e. The minimum Gasteiger partial charge on any atom is -0.367 e. The van der Waals surface area contributed by atoms with Crippen molar-refractivity contribution in [1.29, 1.82) is 0 Å². The number of allylic oxidation sites excluding steroid dienone is 2. The van der Waals surface area contributed by atoms with E-state index < -0.39 is 0 Å². The highest BCUT2D eigenvalue weighted by Crippen LogP contribution is 1.73. The molecule has 0 aromatic heterocycles. The molecule has 0 saturated heterocycles. The standard InChI is InChI=1S/C8H11NO2/c1-7(10)3-5-9-6-4-8(2)11/h3-6,9H,1-2H3/b5-3-,6-4-. The van der Waals surface area contributed by atoms with Gasteiger partial charge >= 0.3 is 0 Å². The predicted octanol–water partition coefficient (Wildman–Crippen LogP) is 0.781. The van der Waals surface area contributed by atoms with Gasteiger partial charge in [-0.15, -0.1) is 0 Å². The molecular weight excluding hydrogens is 142 g/mol. The van der Waals surface area contributed by atoms with Crippen LogP contribution in [0.3, 0.4) is 0 Å². The highest BCUT2D eigenvalue weighted by molar-refractivity contribution is 5.87. The van der Waals surface area contributed by atoms with Gasteiger partial charge in [0.05, 0.1) is 0 Å². The van der Waals surface area contributed by atoms with E-state index in [4.69, 9.17) is 0 Å². The Kier molecular flexibility index (Phi) is 4.73. The molecule has 60 valence electrons. The van der Waals surface area contributed by atoms with Gasteiger partial charge in [0, 0.05) is 12.4 Å². The second-order valence-corrected chi connectivity index (χ2v) is 2.05. The van der Waals surface area contributed by atoms with E-state index in [-0.39, 0.29) is 11.6 Å². The zero-order valence-corrected chi connectivity index (χ0v) is 6.63. The number of hydrogen-bond donors (Lipinski definition) is 1. The summed E-state index contributed by atoms with van der Waals surface area (Å²) in [6, 6.07) is 0. The number of hydrogen-bond acceptors (Lipinski definition) is 3. The van der Waals surface area contributed by atoms with Crippen LogP contribution in [0, 0.1) is 0 Å². The molecule has 0 heterocycles. The van der Waals surface area contributed by atoms with E-state index in [2.05, 4.69) is 5.32 Å². The average Bonchev–Trinajstić information content (AvgIpc) is 1.85. The van der Waals surface area contributed by atoms with Gasteiger partial charge in [0.2, 0.25) is 0 Å². The molecule has 0 unspecified atom stereocenters. The molecule has 3 nitrogen and oxygen atoms in total. The fraction of sp³-hybridized carbons (Fsp3) is 0.250. The lowest BCUT2D eigenvalue weighted by Crippen LogP contribution is -1.95. The molecule has 0 rings (SSSR count). The third-order valence-corrected chi connectivity index (χ3v) is 0.829. The first-order valence-corrected chi connectivity index (χ1v) is 3.23. The lowest BCUT2D eigenvalue weighted by Gasteiger charge is -1.85. The van der Waals surface area contributed by atoms with Gasteiger partial charge < -0.3 is 5.32 Å². The SMILES string of the molecule is CC(=O)/C=C\N/C=C\C(C)=O. The Morgan fingerprint density at radius 2 is 1.36 bits per heavy atom. The zero-order valence-electron chi connectivity index (χ0n) is 6.63. The van der Waals surface area contributed by atoms with Crippen LogP contribution in [0.5, 0.6) is 0 Å². The molecule has 0 aliphatic carbocycles. The van der Waals surface area contributed by atoms with Crippen LogP contribution in [0.15, 0.2) is 24.6 Å². The molecule has 0 atom stereocenters. The molecule has 0 radical (unpaired) electrons. The summed E-state index contributed by atoms with van der Waals surface area (Å²) in [4.78, 5) is 20.6. The molecule has 0 aliphatic heterocycles. The molecule has 0 aromatic carbocycles. The van der Waals surface area contributed by atoms with Crippen LogP contribution in [0.25, 0.3) is 0 Å². The molecule has 0 amide bonds. The van der Waals surface area contributed by atoms with Gasteiger partial charge in [-0.2, -0.15) is 0 Å². The van der Waals surface area contributed by atoms with Crippen molar-refractivity contribution in [2.75, 3.05) is 0 Å². The molecule has 3 heteroatoms. The largest absolute Gasteiger partial charge is 0.367 e. The third kappa shape index (κ3) is 8.62. The predicted molar refractivity (Wildman–Crippen MR) is 42.8 cm³/mol. The van der Waals surface area contributed by atoms with E-state index in [9.17, 15) is 9.59 Å². The number of carbonyl (C=O) groups is 2. The summed E-state index contributed by atoms with van der Waals surface area (Å²) < 4.78 is 0. The zero-order chi connectivity index (χ0) is 8.69. The summed E-state index contributed by atoms with van der Waals surface area (Å²) in [7, 11) is 0. The van der Waals surface area contributed by atoms with Crippen LogP contribution in [0.2, 0.25) is 0 Å². The van der Waals surface area contributed by atoms with Gasteiger partial charge in [0.25, 0.3) is 0 Å². The first-order chi connectivity index (χ1) is 5.13. The average molecular weight is 153 g/mol. The van der Waals surface area contributed by atoms with Gasteiger partial charge in [-0.25, -0.2) is 0 Å². The van der Waals surface area contributed by atoms with Crippen LogP contribution in [-0.2, 0) is 9.59 Å². The van der Waals surface area contributed by atoms with Gasteiger partial charge in [0.1, 0.15) is 0 Å². The van der Waals surface area contributed by atoms with Gasteiger partial charge in [0.15, 0.2) is 11.6 Å². The van der Waals surface area contributed by atoms with E-state index >= 15 is 0 Å². The lowest BCUT2D eigenvalue weighted by molar-refractivity contribution is -0.113. The maximum absolute atomic E-state index is 10.3.